The standard InChI is InChI=1S/C17H17FO2/c1-11-2-3-13(10-16(11)18)17(19)12-4-6-14(7-5-12)20-15-8-9-15/h2-7,10,15,17,19H,8-9H2,1H3. The lowest BCUT2D eigenvalue weighted by atomic mass is 10.0. The average molecular weight is 272 g/mol. The van der Waals surface area contributed by atoms with Crippen molar-refractivity contribution in [1.82, 2.24) is 0 Å². The minimum absolute atomic E-state index is 0.296. The first-order chi connectivity index (χ1) is 9.63. The molecule has 1 aliphatic rings. The molecule has 0 aliphatic heterocycles. The fourth-order valence-electron chi connectivity index (χ4n) is 2.08. The minimum atomic E-state index is -0.819. The Labute approximate surface area is 117 Å². The van der Waals surface area contributed by atoms with E-state index in [-0.39, 0.29) is 5.82 Å². The molecular weight excluding hydrogens is 255 g/mol. The van der Waals surface area contributed by atoms with Crippen molar-refractivity contribution in [2.45, 2.75) is 32.0 Å². The van der Waals surface area contributed by atoms with Gasteiger partial charge in [0, 0.05) is 0 Å². The lowest BCUT2D eigenvalue weighted by Crippen LogP contribution is -2.01. The summed E-state index contributed by atoms with van der Waals surface area (Å²) in [5.74, 6) is 0.522. The zero-order chi connectivity index (χ0) is 14.1. The van der Waals surface area contributed by atoms with Crippen LogP contribution in [0, 0.1) is 12.7 Å². The number of halogens is 1. The van der Waals surface area contributed by atoms with E-state index in [0.29, 0.717) is 17.2 Å². The lowest BCUT2D eigenvalue weighted by Gasteiger charge is -2.13. The van der Waals surface area contributed by atoms with Crippen LogP contribution in [-0.2, 0) is 0 Å². The second kappa shape index (κ2) is 5.25. The summed E-state index contributed by atoms with van der Waals surface area (Å²) in [5, 5.41) is 10.3. The Morgan fingerprint density at radius 3 is 2.35 bits per heavy atom. The van der Waals surface area contributed by atoms with E-state index >= 15 is 0 Å². The summed E-state index contributed by atoms with van der Waals surface area (Å²) in [5.41, 5.74) is 1.87. The predicted molar refractivity (Wildman–Crippen MR) is 75.3 cm³/mol. The highest BCUT2D eigenvalue weighted by Gasteiger charge is 2.23. The molecule has 0 amide bonds. The first-order valence-corrected chi connectivity index (χ1v) is 6.84. The molecule has 2 nitrogen and oxygen atoms in total. The van der Waals surface area contributed by atoms with E-state index in [4.69, 9.17) is 4.74 Å². The molecule has 2 aromatic carbocycles. The van der Waals surface area contributed by atoms with Gasteiger partial charge in [0.25, 0.3) is 0 Å². The summed E-state index contributed by atoms with van der Waals surface area (Å²) in [6, 6.07) is 12.1. The van der Waals surface area contributed by atoms with E-state index in [1.807, 2.05) is 24.3 Å². The quantitative estimate of drug-likeness (QED) is 0.918. The second-order valence-corrected chi connectivity index (χ2v) is 5.30. The molecule has 1 unspecified atom stereocenters. The second-order valence-electron chi connectivity index (χ2n) is 5.30. The molecule has 0 saturated heterocycles. The van der Waals surface area contributed by atoms with Crippen LogP contribution in [0.5, 0.6) is 5.75 Å². The van der Waals surface area contributed by atoms with Crippen LogP contribution < -0.4 is 4.74 Å². The van der Waals surface area contributed by atoms with Crippen LogP contribution in [0.4, 0.5) is 4.39 Å². The SMILES string of the molecule is Cc1ccc(C(O)c2ccc(OC3CC3)cc2)cc1F. The lowest BCUT2D eigenvalue weighted by molar-refractivity contribution is 0.219. The third-order valence-electron chi connectivity index (χ3n) is 3.53. The van der Waals surface area contributed by atoms with Crippen LogP contribution in [0.15, 0.2) is 42.5 Å². The van der Waals surface area contributed by atoms with Crippen LogP contribution in [0.25, 0.3) is 0 Å². The molecular formula is C17H17FO2. The van der Waals surface area contributed by atoms with Gasteiger partial charge in [0.05, 0.1) is 6.10 Å². The van der Waals surface area contributed by atoms with E-state index in [9.17, 15) is 9.50 Å². The number of aliphatic hydroxyl groups is 1. The van der Waals surface area contributed by atoms with Crippen molar-refractivity contribution in [2.75, 3.05) is 0 Å². The van der Waals surface area contributed by atoms with E-state index in [2.05, 4.69) is 0 Å². The first-order valence-electron chi connectivity index (χ1n) is 6.84. The molecule has 1 saturated carbocycles. The predicted octanol–water partition coefficient (Wildman–Crippen LogP) is 3.76. The third-order valence-corrected chi connectivity index (χ3v) is 3.53. The third kappa shape index (κ3) is 2.83. The Morgan fingerprint density at radius 2 is 1.75 bits per heavy atom. The summed E-state index contributed by atoms with van der Waals surface area (Å²) in [6.07, 6.45) is 1.78. The molecule has 0 spiro atoms. The fraction of sp³-hybridized carbons (Fsp3) is 0.294. The molecule has 0 radical (unpaired) electrons. The van der Waals surface area contributed by atoms with Crippen molar-refractivity contribution in [1.29, 1.82) is 0 Å². The van der Waals surface area contributed by atoms with Crippen LogP contribution >= 0.6 is 0 Å². The van der Waals surface area contributed by atoms with Crippen molar-refractivity contribution in [2.24, 2.45) is 0 Å². The molecule has 0 bridgehead atoms. The topological polar surface area (TPSA) is 29.5 Å². The highest BCUT2D eigenvalue weighted by molar-refractivity contribution is 5.35. The molecule has 2 aromatic rings. The number of rotatable bonds is 4. The van der Waals surface area contributed by atoms with Crippen molar-refractivity contribution >= 4 is 0 Å². The summed E-state index contributed by atoms with van der Waals surface area (Å²) in [7, 11) is 0. The number of aliphatic hydroxyl groups excluding tert-OH is 1. The van der Waals surface area contributed by atoms with Gasteiger partial charge in [-0.15, -0.1) is 0 Å². The number of ether oxygens (including phenoxy) is 1. The Bertz CT molecular complexity index is 603. The van der Waals surface area contributed by atoms with Crippen molar-refractivity contribution in [3.05, 3.63) is 65.0 Å². The fourth-order valence-corrected chi connectivity index (χ4v) is 2.08. The van der Waals surface area contributed by atoms with Gasteiger partial charge in [0.15, 0.2) is 0 Å². The maximum absolute atomic E-state index is 13.5. The molecule has 1 fully saturated rings. The van der Waals surface area contributed by atoms with Gasteiger partial charge in [0.1, 0.15) is 17.7 Å². The summed E-state index contributed by atoms with van der Waals surface area (Å²) in [4.78, 5) is 0. The largest absolute Gasteiger partial charge is 0.490 e. The molecule has 20 heavy (non-hydrogen) atoms. The molecule has 1 aliphatic carbocycles. The highest BCUT2D eigenvalue weighted by Crippen LogP contribution is 2.29. The molecule has 3 rings (SSSR count). The summed E-state index contributed by atoms with van der Waals surface area (Å²) in [6.45, 7) is 1.70. The Hall–Kier alpha value is -1.87. The van der Waals surface area contributed by atoms with Crippen LogP contribution in [0.3, 0.4) is 0 Å². The average Bonchev–Trinajstić information content (AvgIpc) is 3.26. The van der Waals surface area contributed by atoms with Crippen molar-refractivity contribution in [3.8, 4) is 5.75 Å². The minimum Gasteiger partial charge on any atom is -0.490 e. The number of hydrogen-bond acceptors (Lipinski definition) is 2. The maximum Gasteiger partial charge on any atom is 0.126 e. The van der Waals surface area contributed by atoms with E-state index in [1.54, 1.807) is 19.1 Å². The van der Waals surface area contributed by atoms with Gasteiger partial charge in [-0.2, -0.15) is 0 Å². The number of aryl methyl sites for hydroxylation is 1. The van der Waals surface area contributed by atoms with Crippen LogP contribution in [0.2, 0.25) is 0 Å². The monoisotopic (exact) mass is 272 g/mol. The van der Waals surface area contributed by atoms with Crippen LogP contribution in [-0.4, -0.2) is 11.2 Å². The van der Waals surface area contributed by atoms with E-state index < -0.39 is 6.10 Å². The molecule has 0 aromatic heterocycles. The van der Waals surface area contributed by atoms with E-state index in [1.165, 1.54) is 6.07 Å². The Morgan fingerprint density at radius 1 is 1.10 bits per heavy atom. The zero-order valence-electron chi connectivity index (χ0n) is 11.3. The van der Waals surface area contributed by atoms with Gasteiger partial charge in [-0.05, 0) is 54.7 Å². The normalized spacial score (nSPS) is 15.9. The maximum atomic E-state index is 13.5. The van der Waals surface area contributed by atoms with Gasteiger partial charge in [-0.1, -0.05) is 24.3 Å². The van der Waals surface area contributed by atoms with Crippen molar-refractivity contribution in [3.63, 3.8) is 0 Å². The van der Waals surface area contributed by atoms with Gasteiger partial charge >= 0.3 is 0 Å². The summed E-state index contributed by atoms with van der Waals surface area (Å²) >= 11 is 0. The Kier molecular flexibility index (Phi) is 3.45. The first kappa shape index (κ1) is 13.1. The molecule has 3 heteroatoms. The zero-order valence-corrected chi connectivity index (χ0v) is 11.3. The number of hydrogen-bond donors (Lipinski definition) is 1. The Balaban J connectivity index is 1.78. The van der Waals surface area contributed by atoms with E-state index in [0.717, 1.165) is 24.2 Å². The highest BCUT2D eigenvalue weighted by atomic mass is 19.1. The molecule has 1 N–H and O–H groups in total. The van der Waals surface area contributed by atoms with Gasteiger partial charge in [-0.3, -0.25) is 0 Å². The van der Waals surface area contributed by atoms with Gasteiger partial charge < -0.3 is 9.84 Å². The number of benzene rings is 2. The van der Waals surface area contributed by atoms with Crippen LogP contribution in [0.1, 0.15) is 35.6 Å². The summed E-state index contributed by atoms with van der Waals surface area (Å²) < 4.78 is 19.2. The smallest absolute Gasteiger partial charge is 0.126 e. The van der Waals surface area contributed by atoms with Crippen molar-refractivity contribution < 1.29 is 14.2 Å². The molecule has 1 atom stereocenters. The molecule has 0 heterocycles. The molecule has 104 valence electrons. The van der Waals surface area contributed by atoms with Gasteiger partial charge in [0.2, 0.25) is 0 Å². The van der Waals surface area contributed by atoms with Gasteiger partial charge in [-0.25, -0.2) is 4.39 Å².